The summed E-state index contributed by atoms with van der Waals surface area (Å²) in [6.07, 6.45) is -1.19. The molecule has 0 radical (unpaired) electrons. The van der Waals surface area contributed by atoms with Crippen LogP contribution >= 0.6 is 34.8 Å². The minimum absolute atomic E-state index is 0.133. The maximum atomic E-state index is 12.7. The number of benzene rings is 1. The SMILES string of the molecule is Cc1cc(C(F)F)nn1CC(=O)Nc1nn(Cc2c(Cl)cccc2Cl)cc1Cl. The number of anilines is 1. The first-order valence-corrected chi connectivity index (χ1v) is 9.16. The van der Waals surface area contributed by atoms with E-state index >= 15 is 0 Å². The standard InChI is InChI=1S/C17H14Cl3F2N5O/c1-9-5-14(16(21)22)24-27(9)8-15(28)23-17-13(20)7-26(25-17)6-10-11(18)3-2-4-12(10)19/h2-5,7,16H,6,8H2,1H3,(H,23,25,28). The van der Waals surface area contributed by atoms with Crippen LogP contribution in [0.25, 0.3) is 0 Å². The van der Waals surface area contributed by atoms with Gasteiger partial charge in [0.05, 0.1) is 6.54 Å². The van der Waals surface area contributed by atoms with Gasteiger partial charge < -0.3 is 5.32 Å². The van der Waals surface area contributed by atoms with E-state index in [0.717, 1.165) is 0 Å². The van der Waals surface area contributed by atoms with E-state index in [2.05, 4.69) is 15.5 Å². The summed E-state index contributed by atoms with van der Waals surface area (Å²) in [5, 5.41) is 11.6. The number of amides is 1. The highest BCUT2D eigenvalue weighted by atomic mass is 35.5. The van der Waals surface area contributed by atoms with E-state index in [-0.39, 0.29) is 29.6 Å². The average molecular weight is 449 g/mol. The van der Waals surface area contributed by atoms with E-state index in [0.29, 0.717) is 21.3 Å². The predicted molar refractivity (Wildman–Crippen MR) is 103 cm³/mol. The van der Waals surface area contributed by atoms with Gasteiger partial charge in [-0.3, -0.25) is 14.2 Å². The minimum Gasteiger partial charge on any atom is -0.306 e. The fourth-order valence-corrected chi connectivity index (χ4v) is 3.23. The summed E-state index contributed by atoms with van der Waals surface area (Å²) >= 11 is 18.4. The molecule has 0 saturated heterocycles. The topological polar surface area (TPSA) is 64.7 Å². The van der Waals surface area contributed by atoms with E-state index in [1.807, 2.05) is 0 Å². The highest BCUT2D eigenvalue weighted by molar-refractivity contribution is 6.36. The monoisotopic (exact) mass is 447 g/mol. The number of rotatable bonds is 6. The second-order valence-electron chi connectivity index (χ2n) is 5.94. The Hall–Kier alpha value is -2.16. The molecule has 0 unspecified atom stereocenters. The number of alkyl halides is 2. The van der Waals surface area contributed by atoms with Crippen molar-refractivity contribution in [3.05, 3.63) is 62.5 Å². The van der Waals surface area contributed by atoms with Crippen molar-refractivity contribution in [1.29, 1.82) is 0 Å². The highest BCUT2D eigenvalue weighted by Crippen LogP contribution is 2.27. The molecule has 148 valence electrons. The van der Waals surface area contributed by atoms with Crippen molar-refractivity contribution in [1.82, 2.24) is 19.6 Å². The smallest absolute Gasteiger partial charge is 0.282 e. The molecule has 3 aromatic rings. The number of nitrogens with zero attached hydrogens (tertiary/aromatic N) is 4. The molecule has 1 aromatic carbocycles. The van der Waals surface area contributed by atoms with E-state index in [4.69, 9.17) is 34.8 Å². The van der Waals surface area contributed by atoms with Crippen LogP contribution in [0.1, 0.15) is 23.4 Å². The fourth-order valence-electron chi connectivity index (χ4n) is 2.52. The first-order chi connectivity index (χ1) is 13.2. The van der Waals surface area contributed by atoms with Crippen molar-refractivity contribution in [3.8, 4) is 0 Å². The molecule has 0 aliphatic carbocycles. The summed E-state index contributed by atoms with van der Waals surface area (Å²) in [4.78, 5) is 12.2. The number of hydrogen-bond acceptors (Lipinski definition) is 3. The number of halogens is 5. The van der Waals surface area contributed by atoms with Crippen LogP contribution in [0.4, 0.5) is 14.6 Å². The molecule has 0 bridgehead atoms. The molecule has 0 aliphatic heterocycles. The van der Waals surface area contributed by atoms with Gasteiger partial charge in [0.15, 0.2) is 5.82 Å². The molecule has 11 heteroatoms. The number of aromatic nitrogens is 4. The molecule has 3 rings (SSSR count). The van der Waals surface area contributed by atoms with Crippen LogP contribution in [-0.2, 0) is 17.9 Å². The molecule has 0 fully saturated rings. The van der Waals surface area contributed by atoms with Crippen molar-refractivity contribution < 1.29 is 13.6 Å². The quantitative estimate of drug-likeness (QED) is 0.579. The number of carbonyl (C=O) groups excluding carboxylic acids is 1. The molecule has 0 saturated carbocycles. The summed E-state index contributed by atoms with van der Waals surface area (Å²) < 4.78 is 28.1. The van der Waals surface area contributed by atoms with Gasteiger partial charge in [0.2, 0.25) is 5.91 Å². The van der Waals surface area contributed by atoms with Crippen LogP contribution in [0.3, 0.4) is 0 Å². The van der Waals surface area contributed by atoms with E-state index in [1.165, 1.54) is 21.6 Å². The van der Waals surface area contributed by atoms with Crippen LogP contribution in [0, 0.1) is 6.92 Å². The van der Waals surface area contributed by atoms with Crippen LogP contribution in [0.15, 0.2) is 30.5 Å². The van der Waals surface area contributed by atoms with Gasteiger partial charge >= 0.3 is 0 Å². The summed E-state index contributed by atoms with van der Waals surface area (Å²) in [5.41, 5.74) is 0.717. The van der Waals surface area contributed by atoms with Crippen molar-refractivity contribution >= 4 is 46.5 Å². The summed E-state index contributed by atoms with van der Waals surface area (Å²) in [7, 11) is 0. The Balaban J connectivity index is 1.70. The molecule has 1 N–H and O–H groups in total. The van der Waals surface area contributed by atoms with Gasteiger partial charge in [-0.05, 0) is 25.1 Å². The minimum atomic E-state index is -2.70. The Bertz CT molecular complexity index is 998. The number of aryl methyl sites for hydroxylation is 1. The maximum absolute atomic E-state index is 12.7. The summed E-state index contributed by atoms with van der Waals surface area (Å²) in [5.74, 6) is -0.372. The summed E-state index contributed by atoms with van der Waals surface area (Å²) in [6.45, 7) is 1.59. The molecule has 0 atom stereocenters. The first kappa shape index (κ1) is 20.6. The van der Waals surface area contributed by atoms with Gasteiger partial charge in [-0.2, -0.15) is 10.2 Å². The molecular weight excluding hydrogens is 435 g/mol. The Morgan fingerprint density at radius 3 is 2.46 bits per heavy atom. The van der Waals surface area contributed by atoms with Crippen LogP contribution in [0.5, 0.6) is 0 Å². The van der Waals surface area contributed by atoms with E-state index in [9.17, 15) is 13.6 Å². The third kappa shape index (κ3) is 4.63. The number of carbonyl (C=O) groups is 1. The van der Waals surface area contributed by atoms with Gasteiger partial charge in [-0.15, -0.1) is 0 Å². The van der Waals surface area contributed by atoms with Crippen molar-refractivity contribution in [2.45, 2.75) is 26.4 Å². The lowest BCUT2D eigenvalue weighted by molar-refractivity contribution is -0.117. The normalized spacial score (nSPS) is 11.2. The largest absolute Gasteiger partial charge is 0.306 e. The van der Waals surface area contributed by atoms with Crippen LogP contribution < -0.4 is 5.32 Å². The van der Waals surface area contributed by atoms with Gasteiger partial charge in [0.25, 0.3) is 6.43 Å². The third-order valence-corrected chi connectivity index (χ3v) is 4.86. The number of hydrogen-bond donors (Lipinski definition) is 1. The van der Waals surface area contributed by atoms with E-state index < -0.39 is 12.3 Å². The van der Waals surface area contributed by atoms with E-state index in [1.54, 1.807) is 25.1 Å². The zero-order valence-corrected chi connectivity index (χ0v) is 16.7. The van der Waals surface area contributed by atoms with Crippen molar-refractivity contribution in [2.75, 3.05) is 5.32 Å². The molecule has 28 heavy (non-hydrogen) atoms. The number of nitrogens with one attached hydrogen (secondary N) is 1. The molecule has 2 aromatic heterocycles. The lowest BCUT2D eigenvalue weighted by atomic mass is 10.2. The van der Waals surface area contributed by atoms with Crippen molar-refractivity contribution in [3.63, 3.8) is 0 Å². The molecular formula is C17H14Cl3F2N5O. The predicted octanol–water partition coefficient (Wildman–Crippen LogP) is 4.97. The first-order valence-electron chi connectivity index (χ1n) is 8.02. The zero-order chi connectivity index (χ0) is 20.4. The molecule has 1 amide bonds. The Morgan fingerprint density at radius 2 is 1.86 bits per heavy atom. The second-order valence-corrected chi connectivity index (χ2v) is 7.16. The lowest BCUT2D eigenvalue weighted by Gasteiger charge is -2.07. The molecule has 0 aliphatic rings. The fraction of sp³-hybridized carbons (Fsp3) is 0.235. The van der Waals surface area contributed by atoms with Gasteiger partial charge in [0, 0.05) is 27.5 Å². The maximum Gasteiger partial charge on any atom is 0.282 e. The Labute approximate surface area is 174 Å². The second kappa shape index (κ2) is 8.46. The zero-order valence-electron chi connectivity index (χ0n) is 14.5. The third-order valence-electron chi connectivity index (χ3n) is 3.87. The average Bonchev–Trinajstić information content (AvgIpc) is 3.14. The molecule has 0 spiro atoms. The Kier molecular flexibility index (Phi) is 6.22. The Morgan fingerprint density at radius 1 is 1.18 bits per heavy atom. The molecule has 6 nitrogen and oxygen atoms in total. The van der Waals surface area contributed by atoms with Gasteiger partial charge in [-0.25, -0.2) is 8.78 Å². The van der Waals surface area contributed by atoms with Gasteiger partial charge in [0.1, 0.15) is 17.3 Å². The lowest BCUT2D eigenvalue weighted by Crippen LogP contribution is -2.21. The van der Waals surface area contributed by atoms with Crippen molar-refractivity contribution in [2.24, 2.45) is 0 Å². The molecule has 2 heterocycles. The highest BCUT2D eigenvalue weighted by Gasteiger charge is 2.17. The van der Waals surface area contributed by atoms with Gasteiger partial charge in [-0.1, -0.05) is 40.9 Å². The van der Waals surface area contributed by atoms with Crippen LogP contribution in [-0.4, -0.2) is 25.5 Å². The summed E-state index contributed by atoms with van der Waals surface area (Å²) in [6, 6.07) is 6.37. The van der Waals surface area contributed by atoms with Crippen LogP contribution in [0.2, 0.25) is 15.1 Å².